The van der Waals surface area contributed by atoms with Crippen LogP contribution < -0.4 is 5.32 Å². The highest BCUT2D eigenvalue weighted by Gasteiger charge is 2.33. The normalized spacial score (nSPS) is 13.5. The molecule has 0 radical (unpaired) electrons. The van der Waals surface area contributed by atoms with Gasteiger partial charge in [-0.05, 0) is 24.6 Å². The van der Waals surface area contributed by atoms with Crippen molar-refractivity contribution in [3.8, 4) is 0 Å². The third kappa shape index (κ3) is 3.38. The van der Waals surface area contributed by atoms with Gasteiger partial charge in [0.25, 0.3) is 0 Å². The minimum absolute atomic E-state index is 0.249. The summed E-state index contributed by atoms with van der Waals surface area (Å²) >= 11 is 0. The van der Waals surface area contributed by atoms with E-state index in [1.54, 1.807) is 25.3 Å². The maximum atomic E-state index is 12.9. The number of halogens is 3. The second-order valence-electron chi connectivity index (χ2n) is 4.32. The van der Waals surface area contributed by atoms with Gasteiger partial charge in [0.05, 0.1) is 18.1 Å². The van der Waals surface area contributed by atoms with Crippen LogP contribution in [0.2, 0.25) is 0 Å². The first-order valence-corrected chi connectivity index (χ1v) is 5.89. The first-order valence-electron chi connectivity index (χ1n) is 5.89. The lowest BCUT2D eigenvalue weighted by molar-refractivity contribution is -0.138. The molecule has 102 valence electrons. The van der Waals surface area contributed by atoms with E-state index in [2.05, 4.69) is 5.32 Å². The SMILES string of the molecule is CC(NCc1ccoc1)c1ccccc1C(F)(F)F. The molecule has 1 N–H and O–H groups in total. The minimum atomic E-state index is -4.33. The molecule has 1 atom stereocenters. The number of hydrogen-bond acceptors (Lipinski definition) is 2. The molecule has 0 bridgehead atoms. The summed E-state index contributed by atoms with van der Waals surface area (Å²) in [6, 6.07) is 6.99. The highest BCUT2D eigenvalue weighted by molar-refractivity contribution is 5.32. The molecule has 2 rings (SSSR count). The monoisotopic (exact) mass is 269 g/mol. The van der Waals surface area contributed by atoms with Crippen molar-refractivity contribution < 1.29 is 17.6 Å². The van der Waals surface area contributed by atoms with Gasteiger partial charge in [-0.15, -0.1) is 0 Å². The van der Waals surface area contributed by atoms with Crippen LogP contribution in [-0.4, -0.2) is 0 Å². The lowest BCUT2D eigenvalue weighted by atomic mass is 10.0. The van der Waals surface area contributed by atoms with Crippen LogP contribution in [0.4, 0.5) is 13.2 Å². The van der Waals surface area contributed by atoms with Crippen molar-refractivity contribution >= 4 is 0 Å². The van der Waals surface area contributed by atoms with Gasteiger partial charge in [-0.2, -0.15) is 13.2 Å². The molecule has 0 aliphatic heterocycles. The zero-order valence-corrected chi connectivity index (χ0v) is 10.4. The van der Waals surface area contributed by atoms with Crippen molar-refractivity contribution in [3.05, 3.63) is 59.5 Å². The van der Waals surface area contributed by atoms with Gasteiger partial charge >= 0.3 is 6.18 Å². The molecule has 5 heteroatoms. The number of rotatable bonds is 4. The second kappa shape index (κ2) is 5.48. The molecule has 1 aromatic heterocycles. The van der Waals surface area contributed by atoms with Gasteiger partial charge in [-0.3, -0.25) is 0 Å². The Balaban J connectivity index is 2.12. The van der Waals surface area contributed by atoms with Crippen molar-refractivity contribution in [2.45, 2.75) is 25.7 Å². The maximum absolute atomic E-state index is 12.9. The molecule has 2 aromatic rings. The molecule has 0 spiro atoms. The second-order valence-corrected chi connectivity index (χ2v) is 4.32. The van der Waals surface area contributed by atoms with Gasteiger partial charge in [0, 0.05) is 18.2 Å². The first-order chi connectivity index (χ1) is 8.98. The van der Waals surface area contributed by atoms with E-state index in [0.29, 0.717) is 6.54 Å². The fourth-order valence-electron chi connectivity index (χ4n) is 1.91. The predicted molar refractivity (Wildman–Crippen MR) is 65.4 cm³/mol. The quantitative estimate of drug-likeness (QED) is 0.902. The third-order valence-corrected chi connectivity index (χ3v) is 2.93. The molecule has 0 amide bonds. The number of alkyl halides is 3. The molecule has 1 unspecified atom stereocenters. The van der Waals surface area contributed by atoms with Crippen LogP contribution in [0.3, 0.4) is 0 Å². The molecule has 19 heavy (non-hydrogen) atoms. The van der Waals surface area contributed by atoms with Crippen LogP contribution in [0.25, 0.3) is 0 Å². The molecular weight excluding hydrogens is 255 g/mol. The molecular formula is C14H14F3NO. The topological polar surface area (TPSA) is 25.2 Å². The Kier molecular flexibility index (Phi) is 3.95. The number of benzene rings is 1. The fourth-order valence-corrected chi connectivity index (χ4v) is 1.91. The Morgan fingerprint density at radius 1 is 1.21 bits per heavy atom. The molecule has 0 aliphatic carbocycles. The molecule has 0 aliphatic rings. The largest absolute Gasteiger partial charge is 0.472 e. The Hall–Kier alpha value is -1.75. The first kappa shape index (κ1) is 13.7. The minimum Gasteiger partial charge on any atom is -0.472 e. The van der Waals surface area contributed by atoms with Gasteiger partial charge in [-0.1, -0.05) is 18.2 Å². The van der Waals surface area contributed by atoms with Crippen LogP contribution in [0, 0.1) is 0 Å². The Morgan fingerprint density at radius 3 is 2.58 bits per heavy atom. The Bertz CT molecular complexity index is 520. The van der Waals surface area contributed by atoms with E-state index in [4.69, 9.17) is 4.42 Å². The predicted octanol–water partition coefficient (Wildman–Crippen LogP) is 4.15. The Labute approximate surface area is 109 Å². The van der Waals surface area contributed by atoms with Crippen molar-refractivity contribution in [2.24, 2.45) is 0 Å². The van der Waals surface area contributed by atoms with Crippen LogP contribution in [0.15, 0.2) is 47.3 Å². The molecule has 0 fully saturated rings. The van der Waals surface area contributed by atoms with Gasteiger partial charge in [0.1, 0.15) is 0 Å². The number of nitrogens with one attached hydrogen (secondary N) is 1. The summed E-state index contributed by atoms with van der Waals surface area (Å²) in [4.78, 5) is 0. The maximum Gasteiger partial charge on any atom is 0.416 e. The van der Waals surface area contributed by atoms with E-state index in [-0.39, 0.29) is 5.56 Å². The Morgan fingerprint density at radius 2 is 1.95 bits per heavy atom. The number of hydrogen-bond donors (Lipinski definition) is 1. The molecule has 2 nitrogen and oxygen atoms in total. The summed E-state index contributed by atoms with van der Waals surface area (Å²) < 4.78 is 43.5. The van der Waals surface area contributed by atoms with E-state index in [1.807, 2.05) is 0 Å². The molecule has 0 saturated heterocycles. The van der Waals surface area contributed by atoms with Crippen LogP contribution in [0.1, 0.15) is 29.7 Å². The highest BCUT2D eigenvalue weighted by atomic mass is 19.4. The lowest BCUT2D eigenvalue weighted by Gasteiger charge is -2.19. The van der Waals surface area contributed by atoms with Crippen molar-refractivity contribution in [2.75, 3.05) is 0 Å². The zero-order chi connectivity index (χ0) is 13.9. The summed E-state index contributed by atoms with van der Waals surface area (Å²) in [7, 11) is 0. The van der Waals surface area contributed by atoms with Crippen LogP contribution >= 0.6 is 0 Å². The molecule has 1 aromatic carbocycles. The standard InChI is InChI=1S/C14H14F3NO/c1-10(18-8-11-6-7-19-9-11)12-4-2-3-5-13(12)14(15,16)17/h2-7,9-10,18H,8H2,1H3. The third-order valence-electron chi connectivity index (χ3n) is 2.93. The summed E-state index contributed by atoms with van der Waals surface area (Å²) in [5, 5.41) is 3.05. The molecule has 0 saturated carbocycles. The van der Waals surface area contributed by atoms with E-state index >= 15 is 0 Å². The van der Waals surface area contributed by atoms with Gasteiger partial charge < -0.3 is 9.73 Å². The summed E-state index contributed by atoms with van der Waals surface area (Å²) in [5.41, 5.74) is 0.553. The lowest BCUT2D eigenvalue weighted by Crippen LogP contribution is -2.21. The average Bonchev–Trinajstić information content (AvgIpc) is 2.88. The zero-order valence-electron chi connectivity index (χ0n) is 10.4. The van der Waals surface area contributed by atoms with Gasteiger partial charge in [0.2, 0.25) is 0 Å². The fraction of sp³-hybridized carbons (Fsp3) is 0.286. The van der Waals surface area contributed by atoms with E-state index in [0.717, 1.165) is 11.6 Å². The highest BCUT2D eigenvalue weighted by Crippen LogP contribution is 2.34. The van der Waals surface area contributed by atoms with Crippen molar-refractivity contribution in [3.63, 3.8) is 0 Å². The van der Waals surface area contributed by atoms with Crippen LogP contribution in [-0.2, 0) is 12.7 Å². The van der Waals surface area contributed by atoms with Crippen molar-refractivity contribution in [1.29, 1.82) is 0 Å². The number of furan rings is 1. The summed E-state index contributed by atoms with van der Waals surface area (Å²) in [5.74, 6) is 0. The summed E-state index contributed by atoms with van der Waals surface area (Å²) in [6.07, 6.45) is -1.23. The molecule has 1 heterocycles. The smallest absolute Gasteiger partial charge is 0.416 e. The average molecular weight is 269 g/mol. The van der Waals surface area contributed by atoms with E-state index in [1.165, 1.54) is 18.4 Å². The van der Waals surface area contributed by atoms with Crippen LogP contribution in [0.5, 0.6) is 0 Å². The van der Waals surface area contributed by atoms with E-state index in [9.17, 15) is 13.2 Å². The van der Waals surface area contributed by atoms with Gasteiger partial charge in [0.15, 0.2) is 0 Å². The van der Waals surface area contributed by atoms with Crippen molar-refractivity contribution in [1.82, 2.24) is 5.32 Å². The summed E-state index contributed by atoms with van der Waals surface area (Å²) in [6.45, 7) is 2.18. The van der Waals surface area contributed by atoms with Gasteiger partial charge in [-0.25, -0.2) is 0 Å². The van der Waals surface area contributed by atoms with E-state index < -0.39 is 17.8 Å².